The topological polar surface area (TPSA) is 115 Å². The first-order valence-electron chi connectivity index (χ1n) is 15.5. The van der Waals surface area contributed by atoms with Gasteiger partial charge in [0.05, 0.1) is 23.6 Å². The van der Waals surface area contributed by atoms with Crippen LogP contribution in [-0.4, -0.2) is 66.3 Å². The van der Waals surface area contributed by atoms with Gasteiger partial charge in [-0.05, 0) is 69.4 Å². The number of hydrogen-bond donors (Lipinski definition) is 3. The predicted octanol–water partition coefficient (Wildman–Crippen LogP) is 4.91. The highest BCUT2D eigenvalue weighted by Crippen LogP contribution is 2.59. The second-order valence-corrected chi connectivity index (χ2v) is 13.2. The number of benzene rings is 1. The number of halogens is 1. The Morgan fingerprint density at radius 1 is 1.16 bits per heavy atom. The molecule has 1 aromatic carbocycles. The summed E-state index contributed by atoms with van der Waals surface area (Å²) < 4.78 is 5.65. The van der Waals surface area contributed by atoms with Gasteiger partial charge in [0.15, 0.2) is 0 Å². The van der Waals surface area contributed by atoms with Crippen molar-refractivity contribution < 1.29 is 19.4 Å². The van der Waals surface area contributed by atoms with Gasteiger partial charge in [-0.3, -0.25) is 14.4 Å². The van der Waals surface area contributed by atoms with E-state index in [0.717, 1.165) is 53.2 Å². The number of aromatic amines is 1. The minimum absolute atomic E-state index is 0.0419. The lowest BCUT2D eigenvalue weighted by Gasteiger charge is -2.55. The monoisotopic (exact) mass is 626 g/mol. The number of aliphatic hydroxyl groups is 1. The molecule has 1 aliphatic carbocycles. The molecule has 44 heavy (non-hydrogen) atoms. The van der Waals surface area contributed by atoms with Crippen LogP contribution in [0.4, 0.5) is 5.69 Å². The van der Waals surface area contributed by atoms with E-state index in [4.69, 9.17) is 16.3 Å². The van der Waals surface area contributed by atoms with Gasteiger partial charge >= 0.3 is 0 Å². The summed E-state index contributed by atoms with van der Waals surface area (Å²) in [5, 5.41) is 12.7. The van der Waals surface area contributed by atoms with Crippen LogP contribution in [-0.2, 0) is 21.5 Å². The molecule has 2 amide bonds. The Morgan fingerprint density at radius 2 is 1.82 bits per heavy atom. The first-order valence-corrected chi connectivity index (χ1v) is 15.8. The number of carbonyl (C=O) groups is 2. The van der Waals surface area contributed by atoms with E-state index in [-0.39, 0.29) is 43.0 Å². The summed E-state index contributed by atoms with van der Waals surface area (Å²) in [6.45, 7) is 15.9. The van der Waals surface area contributed by atoms with Gasteiger partial charge in [-0.1, -0.05) is 38.4 Å². The Morgan fingerprint density at radius 3 is 2.39 bits per heavy atom. The Labute approximate surface area is 265 Å². The van der Waals surface area contributed by atoms with Crippen molar-refractivity contribution in [2.45, 2.75) is 85.7 Å². The van der Waals surface area contributed by atoms with Crippen molar-refractivity contribution in [1.29, 1.82) is 0 Å². The smallest absolute Gasteiger partial charge is 0.253 e. The van der Waals surface area contributed by atoms with Crippen LogP contribution >= 0.6 is 11.6 Å². The van der Waals surface area contributed by atoms with Crippen molar-refractivity contribution in [2.75, 3.05) is 38.3 Å². The maximum absolute atomic E-state index is 14.0. The largest absolute Gasteiger partial charge is 0.396 e. The summed E-state index contributed by atoms with van der Waals surface area (Å²) in [7, 11) is 1.73. The molecule has 240 valence electrons. The van der Waals surface area contributed by atoms with Crippen molar-refractivity contribution >= 4 is 29.1 Å². The van der Waals surface area contributed by atoms with Gasteiger partial charge in [-0.2, -0.15) is 0 Å². The minimum Gasteiger partial charge on any atom is -0.396 e. The maximum atomic E-state index is 14.0. The van der Waals surface area contributed by atoms with Crippen LogP contribution in [0.15, 0.2) is 28.7 Å². The summed E-state index contributed by atoms with van der Waals surface area (Å²) in [5.74, 6) is -0.513. The Kier molecular flexibility index (Phi) is 10.0. The third kappa shape index (κ3) is 5.94. The molecule has 1 fully saturated rings. The van der Waals surface area contributed by atoms with E-state index in [1.807, 2.05) is 32.9 Å². The number of rotatable bonds is 10. The highest BCUT2D eigenvalue weighted by atomic mass is 35.5. The van der Waals surface area contributed by atoms with E-state index >= 15 is 0 Å². The van der Waals surface area contributed by atoms with Gasteiger partial charge in [0.25, 0.3) is 11.5 Å². The highest BCUT2D eigenvalue weighted by Gasteiger charge is 2.54. The van der Waals surface area contributed by atoms with Crippen LogP contribution < -0.4 is 15.8 Å². The highest BCUT2D eigenvalue weighted by molar-refractivity contribution is 6.35. The van der Waals surface area contributed by atoms with Crippen LogP contribution in [0.3, 0.4) is 0 Å². The fourth-order valence-electron chi connectivity index (χ4n) is 6.81. The molecule has 0 radical (unpaired) electrons. The van der Waals surface area contributed by atoms with Crippen molar-refractivity contribution in [1.82, 2.24) is 15.2 Å². The molecule has 1 atom stereocenters. The average Bonchev–Trinajstić information content (AvgIpc) is 2.97. The minimum atomic E-state index is -0.607. The fraction of sp³-hybridized carbons (Fsp3) is 0.559. The quantitative estimate of drug-likeness (QED) is 0.345. The number of H-pyrrole nitrogens is 1. The molecule has 1 saturated heterocycles. The van der Waals surface area contributed by atoms with E-state index in [2.05, 4.69) is 49.0 Å². The van der Waals surface area contributed by atoms with Crippen molar-refractivity contribution in [3.8, 4) is 0 Å². The number of hydrogen-bond acceptors (Lipinski definition) is 6. The molecular formula is C34H47ClN4O5. The summed E-state index contributed by atoms with van der Waals surface area (Å²) in [6, 6.07) is 4.26. The molecule has 4 rings (SSSR count). The number of allylic oxidation sites excluding steroid dienone is 2. The van der Waals surface area contributed by atoms with Gasteiger partial charge < -0.3 is 29.9 Å². The summed E-state index contributed by atoms with van der Waals surface area (Å²) in [4.78, 5) is 46.2. The summed E-state index contributed by atoms with van der Waals surface area (Å²) in [5.41, 5.74) is 4.47. The molecule has 2 aromatic rings. The second kappa shape index (κ2) is 13.1. The normalized spacial score (nSPS) is 19.6. The van der Waals surface area contributed by atoms with E-state index in [1.165, 1.54) is 0 Å². The zero-order valence-corrected chi connectivity index (χ0v) is 28.1. The maximum Gasteiger partial charge on any atom is 0.253 e. The van der Waals surface area contributed by atoms with E-state index in [1.54, 1.807) is 11.9 Å². The number of nitrogens with one attached hydrogen (secondary N) is 2. The molecule has 0 bridgehead atoms. The van der Waals surface area contributed by atoms with Crippen LogP contribution in [0.1, 0.15) is 85.3 Å². The zero-order chi connectivity index (χ0) is 32.6. The first-order chi connectivity index (χ1) is 20.7. The molecular weight excluding hydrogens is 580 g/mol. The predicted molar refractivity (Wildman–Crippen MR) is 174 cm³/mol. The number of amides is 2. The van der Waals surface area contributed by atoms with Crippen LogP contribution in [0, 0.1) is 26.2 Å². The number of aryl methyl sites for hydroxylation is 2. The van der Waals surface area contributed by atoms with E-state index in [9.17, 15) is 19.5 Å². The number of aromatic nitrogens is 1. The van der Waals surface area contributed by atoms with Crippen LogP contribution in [0.25, 0.3) is 0 Å². The molecule has 1 aliphatic heterocycles. The number of aliphatic hydroxyl groups excluding tert-OH is 1. The molecule has 3 N–H and O–H groups in total. The van der Waals surface area contributed by atoms with Crippen LogP contribution in [0.2, 0.25) is 5.02 Å². The van der Waals surface area contributed by atoms with E-state index < -0.39 is 10.8 Å². The molecule has 9 nitrogen and oxygen atoms in total. The average molecular weight is 627 g/mol. The van der Waals surface area contributed by atoms with Gasteiger partial charge in [-0.15, -0.1) is 0 Å². The molecule has 1 unspecified atom stereocenters. The Bertz CT molecular complexity index is 1520. The van der Waals surface area contributed by atoms with Crippen LogP contribution in [0.5, 0.6) is 0 Å². The molecule has 1 aromatic heterocycles. The lowest BCUT2D eigenvalue weighted by Crippen LogP contribution is -2.53. The van der Waals surface area contributed by atoms with E-state index in [0.29, 0.717) is 29.4 Å². The fourth-order valence-corrected chi connectivity index (χ4v) is 7.29. The lowest BCUT2D eigenvalue weighted by molar-refractivity contribution is -0.130. The molecule has 2 heterocycles. The third-order valence-electron chi connectivity index (χ3n) is 9.91. The number of ether oxygens (including phenoxy) is 1. The van der Waals surface area contributed by atoms with Crippen molar-refractivity contribution in [2.24, 2.45) is 5.41 Å². The molecule has 10 heteroatoms. The Hall–Kier alpha value is -3.14. The third-order valence-corrected chi connectivity index (χ3v) is 10.3. The molecule has 0 spiro atoms. The second-order valence-electron chi connectivity index (χ2n) is 12.8. The van der Waals surface area contributed by atoms with Gasteiger partial charge in [0.2, 0.25) is 5.91 Å². The standard InChI is InChI=1S/C34H47ClN4O5/c1-9-39(23-11-14-44-15-12-23)26-17-25(34(7)18-27(33(34,5)6)38(8)28(41)10-13-40)30(35)29(22(26)4)32(43)36-19-24-20(2)16-21(3)37-31(24)42/h16-18,23,40H,9-15,19H2,1-8H3,(H,36,43)(H,37,42). The number of anilines is 1. The molecule has 2 aliphatic rings. The number of pyridine rings is 1. The van der Waals surface area contributed by atoms with Crippen molar-refractivity contribution in [3.05, 3.63) is 72.8 Å². The number of nitrogens with zero attached hydrogens (tertiary/aromatic N) is 2. The lowest BCUT2D eigenvalue weighted by atomic mass is 9.52. The zero-order valence-electron chi connectivity index (χ0n) is 27.3. The van der Waals surface area contributed by atoms with Gasteiger partial charge in [-0.25, -0.2) is 0 Å². The molecule has 0 saturated carbocycles. The first kappa shape index (κ1) is 33.7. The van der Waals surface area contributed by atoms with Gasteiger partial charge in [0, 0.05) is 72.9 Å². The van der Waals surface area contributed by atoms with Crippen molar-refractivity contribution in [3.63, 3.8) is 0 Å². The Balaban J connectivity index is 1.84. The van der Waals surface area contributed by atoms with Gasteiger partial charge in [0.1, 0.15) is 0 Å². The summed E-state index contributed by atoms with van der Waals surface area (Å²) >= 11 is 7.23. The summed E-state index contributed by atoms with van der Waals surface area (Å²) in [6.07, 6.45) is 3.85. The SMILES string of the molecule is CCN(c1cc(C2(C)C=C(N(C)C(=O)CCO)C2(C)C)c(Cl)c(C(=O)NCc2c(C)cc(C)[nH]c2=O)c1C)C1CCOCC1. The number of carbonyl (C=O) groups excluding carboxylic acids is 2.